The Morgan fingerprint density at radius 1 is 1.50 bits per heavy atom. The van der Waals surface area contributed by atoms with Crippen LogP contribution >= 0.6 is 0 Å². The maximum Gasteiger partial charge on any atom is 0.221 e. The molecule has 2 fully saturated rings. The summed E-state index contributed by atoms with van der Waals surface area (Å²) in [6.45, 7) is 4.35. The van der Waals surface area contributed by atoms with Crippen LogP contribution in [0.3, 0.4) is 0 Å². The normalized spacial score (nSPS) is 29.3. The number of rotatable bonds is 6. The molecule has 0 spiro atoms. The third-order valence-electron chi connectivity index (χ3n) is 3.32. The van der Waals surface area contributed by atoms with Crippen LogP contribution in [0.5, 0.6) is 0 Å². The average Bonchev–Trinajstić information content (AvgIpc) is 2.98. The first-order chi connectivity index (χ1) is 7.68. The van der Waals surface area contributed by atoms with E-state index in [9.17, 15) is 4.79 Å². The minimum absolute atomic E-state index is 0.125. The van der Waals surface area contributed by atoms with E-state index in [0.29, 0.717) is 19.0 Å². The number of carbonyl (C=O) groups excluding carboxylic acids is 1. The largest absolute Gasteiger partial charge is 0.373 e. The maximum atomic E-state index is 11.5. The third-order valence-corrected chi connectivity index (χ3v) is 3.32. The van der Waals surface area contributed by atoms with E-state index in [1.807, 2.05) is 0 Å². The van der Waals surface area contributed by atoms with Crippen molar-refractivity contribution in [2.75, 3.05) is 19.7 Å². The average molecular weight is 226 g/mol. The van der Waals surface area contributed by atoms with E-state index in [4.69, 9.17) is 4.74 Å². The molecule has 4 nitrogen and oxygen atoms in total. The number of nitrogens with one attached hydrogen (secondary N) is 2. The van der Waals surface area contributed by atoms with Gasteiger partial charge in [-0.25, -0.2) is 0 Å². The van der Waals surface area contributed by atoms with Crippen LogP contribution in [0.2, 0.25) is 0 Å². The second-order valence-electron chi connectivity index (χ2n) is 5.16. The predicted octanol–water partition coefficient (Wildman–Crippen LogP) is 0.814. The van der Waals surface area contributed by atoms with E-state index < -0.39 is 0 Å². The van der Waals surface area contributed by atoms with E-state index in [2.05, 4.69) is 17.6 Å². The molecule has 0 radical (unpaired) electrons. The molecule has 2 N–H and O–H groups in total. The number of amides is 1. The molecule has 1 saturated heterocycles. The van der Waals surface area contributed by atoms with Crippen molar-refractivity contribution in [1.82, 2.24) is 10.6 Å². The molecule has 1 aliphatic carbocycles. The summed E-state index contributed by atoms with van der Waals surface area (Å²) in [5.74, 6) is 0.130. The molecule has 2 rings (SSSR count). The van der Waals surface area contributed by atoms with Gasteiger partial charge in [-0.15, -0.1) is 0 Å². The summed E-state index contributed by atoms with van der Waals surface area (Å²) in [5, 5.41) is 6.29. The standard InChI is InChI=1S/C12H22N2O2/c1-12(6-2-8-16-12)9-14-11(15)5-7-13-10-3-4-10/h10,13H,2-9H2,1H3,(H,14,15). The van der Waals surface area contributed by atoms with Gasteiger partial charge in [-0.3, -0.25) is 4.79 Å². The second-order valence-corrected chi connectivity index (χ2v) is 5.16. The van der Waals surface area contributed by atoms with Crippen molar-refractivity contribution in [3.8, 4) is 0 Å². The molecule has 1 unspecified atom stereocenters. The Kier molecular flexibility index (Phi) is 3.82. The Morgan fingerprint density at radius 2 is 2.31 bits per heavy atom. The van der Waals surface area contributed by atoms with Gasteiger partial charge in [-0.2, -0.15) is 0 Å². The Bertz CT molecular complexity index is 245. The molecule has 1 amide bonds. The first kappa shape index (κ1) is 11.9. The molecule has 4 heteroatoms. The van der Waals surface area contributed by atoms with Crippen molar-refractivity contribution in [1.29, 1.82) is 0 Å². The molecule has 1 aliphatic heterocycles. The molecule has 1 saturated carbocycles. The topological polar surface area (TPSA) is 50.4 Å². The van der Waals surface area contributed by atoms with Gasteiger partial charge in [0.15, 0.2) is 0 Å². The molecule has 0 aromatic heterocycles. The van der Waals surface area contributed by atoms with Gasteiger partial charge in [0.2, 0.25) is 5.91 Å². The highest BCUT2D eigenvalue weighted by Gasteiger charge is 2.29. The molecule has 1 atom stereocenters. The van der Waals surface area contributed by atoms with E-state index in [-0.39, 0.29) is 11.5 Å². The van der Waals surface area contributed by atoms with Crippen molar-refractivity contribution < 1.29 is 9.53 Å². The van der Waals surface area contributed by atoms with Gasteiger partial charge < -0.3 is 15.4 Å². The van der Waals surface area contributed by atoms with Crippen LogP contribution in [-0.4, -0.2) is 37.2 Å². The van der Waals surface area contributed by atoms with E-state index >= 15 is 0 Å². The van der Waals surface area contributed by atoms with Gasteiger partial charge in [-0.05, 0) is 32.6 Å². The summed E-state index contributed by atoms with van der Waals surface area (Å²) in [4.78, 5) is 11.5. The summed E-state index contributed by atoms with van der Waals surface area (Å²) in [5.41, 5.74) is -0.125. The summed E-state index contributed by atoms with van der Waals surface area (Å²) >= 11 is 0. The lowest BCUT2D eigenvalue weighted by atomic mass is 10.0. The maximum absolute atomic E-state index is 11.5. The lowest BCUT2D eigenvalue weighted by Crippen LogP contribution is -2.40. The zero-order valence-corrected chi connectivity index (χ0v) is 10.1. The fraction of sp³-hybridized carbons (Fsp3) is 0.917. The van der Waals surface area contributed by atoms with Crippen LogP contribution in [0.4, 0.5) is 0 Å². The SMILES string of the molecule is CC1(CNC(=O)CCNC2CC2)CCCO1. The van der Waals surface area contributed by atoms with Crippen molar-refractivity contribution in [3.63, 3.8) is 0 Å². The molecule has 0 aromatic carbocycles. The van der Waals surface area contributed by atoms with Gasteiger partial charge in [0, 0.05) is 32.2 Å². The Morgan fingerprint density at radius 3 is 2.94 bits per heavy atom. The second kappa shape index (κ2) is 5.15. The number of carbonyl (C=O) groups is 1. The molecule has 2 aliphatic rings. The first-order valence-electron chi connectivity index (χ1n) is 6.32. The molecule has 1 heterocycles. The van der Waals surface area contributed by atoms with Crippen molar-refractivity contribution in [2.24, 2.45) is 0 Å². The number of hydrogen-bond donors (Lipinski definition) is 2. The lowest BCUT2D eigenvalue weighted by molar-refractivity contribution is -0.122. The fourth-order valence-corrected chi connectivity index (χ4v) is 2.03. The van der Waals surface area contributed by atoms with Gasteiger partial charge in [-0.1, -0.05) is 0 Å². The Hall–Kier alpha value is -0.610. The quantitative estimate of drug-likeness (QED) is 0.705. The summed E-state index contributed by atoms with van der Waals surface area (Å²) in [6, 6.07) is 0.684. The highest BCUT2D eigenvalue weighted by molar-refractivity contribution is 5.76. The van der Waals surface area contributed by atoms with Crippen LogP contribution < -0.4 is 10.6 Å². The van der Waals surface area contributed by atoms with Crippen LogP contribution in [0.1, 0.15) is 39.0 Å². The molecule has 92 valence electrons. The van der Waals surface area contributed by atoms with Gasteiger partial charge in [0.25, 0.3) is 0 Å². The molecule has 0 bridgehead atoms. The third kappa shape index (κ3) is 3.76. The van der Waals surface area contributed by atoms with Crippen LogP contribution in [0, 0.1) is 0 Å². The summed E-state index contributed by atoms with van der Waals surface area (Å²) < 4.78 is 5.61. The monoisotopic (exact) mass is 226 g/mol. The van der Waals surface area contributed by atoms with E-state index in [0.717, 1.165) is 26.0 Å². The van der Waals surface area contributed by atoms with Crippen molar-refractivity contribution >= 4 is 5.91 Å². The van der Waals surface area contributed by atoms with E-state index in [1.165, 1.54) is 12.8 Å². The van der Waals surface area contributed by atoms with Gasteiger partial charge in [0.1, 0.15) is 0 Å². The molecule has 16 heavy (non-hydrogen) atoms. The first-order valence-corrected chi connectivity index (χ1v) is 6.32. The Labute approximate surface area is 97.1 Å². The van der Waals surface area contributed by atoms with Crippen LogP contribution in [0.25, 0.3) is 0 Å². The molecule has 0 aromatic rings. The van der Waals surface area contributed by atoms with Crippen LogP contribution in [-0.2, 0) is 9.53 Å². The highest BCUT2D eigenvalue weighted by atomic mass is 16.5. The van der Waals surface area contributed by atoms with Gasteiger partial charge >= 0.3 is 0 Å². The minimum atomic E-state index is -0.125. The van der Waals surface area contributed by atoms with Gasteiger partial charge in [0.05, 0.1) is 5.60 Å². The van der Waals surface area contributed by atoms with E-state index in [1.54, 1.807) is 0 Å². The highest BCUT2D eigenvalue weighted by Crippen LogP contribution is 2.23. The number of ether oxygens (including phenoxy) is 1. The van der Waals surface area contributed by atoms with Crippen LogP contribution in [0.15, 0.2) is 0 Å². The zero-order valence-electron chi connectivity index (χ0n) is 10.1. The summed E-state index contributed by atoms with van der Waals surface area (Å²) in [6.07, 6.45) is 5.27. The zero-order chi connectivity index (χ0) is 11.4. The summed E-state index contributed by atoms with van der Waals surface area (Å²) in [7, 11) is 0. The fourth-order valence-electron chi connectivity index (χ4n) is 2.03. The lowest BCUT2D eigenvalue weighted by Gasteiger charge is -2.23. The predicted molar refractivity (Wildman–Crippen MR) is 62.2 cm³/mol. The van der Waals surface area contributed by atoms with Crippen molar-refractivity contribution in [2.45, 2.75) is 50.7 Å². The minimum Gasteiger partial charge on any atom is -0.373 e. The smallest absolute Gasteiger partial charge is 0.221 e. The molecular weight excluding hydrogens is 204 g/mol. The number of hydrogen-bond acceptors (Lipinski definition) is 3. The molecular formula is C12H22N2O2. The van der Waals surface area contributed by atoms with Crippen molar-refractivity contribution in [3.05, 3.63) is 0 Å². The Balaban J connectivity index is 1.55.